The Kier molecular flexibility index (Phi) is 2.68. The molecule has 4 heteroatoms. The van der Waals surface area contributed by atoms with Gasteiger partial charge in [0.1, 0.15) is 0 Å². The Labute approximate surface area is 92.4 Å². The minimum Gasteiger partial charge on any atom is -0.332 e. The van der Waals surface area contributed by atoms with Gasteiger partial charge in [0.05, 0.1) is 10.9 Å². The van der Waals surface area contributed by atoms with Gasteiger partial charge in [-0.05, 0) is 30.8 Å². The second-order valence-corrected chi connectivity index (χ2v) is 3.82. The van der Waals surface area contributed by atoms with Crippen molar-refractivity contribution in [2.75, 3.05) is 0 Å². The Morgan fingerprint density at radius 3 is 2.87 bits per heavy atom. The maximum atomic E-state index is 12.0. The van der Waals surface area contributed by atoms with Crippen molar-refractivity contribution < 1.29 is 0 Å². The standard InChI is InChI=1S/C11H12N2OS/c1-2-7-13-10(14)8-5-3-4-6-9(8)12-11(13)15/h3-6H,2,7H2,1H3,(H,12,15). The first-order valence-electron chi connectivity index (χ1n) is 4.96. The van der Waals surface area contributed by atoms with Gasteiger partial charge in [-0.1, -0.05) is 19.1 Å². The van der Waals surface area contributed by atoms with Gasteiger partial charge in [0.25, 0.3) is 5.56 Å². The zero-order valence-corrected chi connectivity index (χ0v) is 9.30. The molecule has 2 rings (SSSR count). The summed E-state index contributed by atoms with van der Waals surface area (Å²) in [5.74, 6) is 0. The van der Waals surface area contributed by atoms with Crippen LogP contribution in [0, 0.1) is 4.77 Å². The first-order chi connectivity index (χ1) is 7.24. The number of nitrogens with zero attached hydrogens (tertiary/aromatic N) is 1. The van der Waals surface area contributed by atoms with Crippen molar-refractivity contribution in [1.82, 2.24) is 9.55 Å². The molecule has 0 spiro atoms. The van der Waals surface area contributed by atoms with Gasteiger partial charge in [0, 0.05) is 6.54 Å². The third kappa shape index (κ3) is 1.72. The molecule has 0 amide bonds. The predicted octanol–water partition coefficient (Wildman–Crippen LogP) is 2.47. The summed E-state index contributed by atoms with van der Waals surface area (Å²) in [6, 6.07) is 7.42. The average molecular weight is 220 g/mol. The van der Waals surface area contributed by atoms with Crippen LogP contribution in [0.1, 0.15) is 13.3 Å². The van der Waals surface area contributed by atoms with Crippen LogP contribution in [0.3, 0.4) is 0 Å². The van der Waals surface area contributed by atoms with Crippen molar-refractivity contribution in [3.63, 3.8) is 0 Å². The van der Waals surface area contributed by atoms with Crippen molar-refractivity contribution in [2.45, 2.75) is 19.9 Å². The first kappa shape index (κ1) is 10.1. The highest BCUT2D eigenvalue weighted by molar-refractivity contribution is 7.71. The van der Waals surface area contributed by atoms with Gasteiger partial charge >= 0.3 is 0 Å². The fraction of sp³-hybridized carbons (Fsp3) is 0.273. The largest absolute Gasteiger partial charge is 0.332 e. The van der Waals surface area contributed by atoms with Gasteiger partial charge in [-0.15, -0.1) is 0 Å². The quantitative estimate of drug-likeness (QED) is 0.789. The number of rotatable bonds is 2. The number of aromatic nitrogens is 2. The van der Waals surface area contributed by atoms with Crippen LogP contribution in [0.5, 0.6) is 0 Å². The molecule has 2 aromatic rings. The van der Waals surface area contributed by atoms with E-state index in [0.717, 1.165) is 11.9 Å². The van der Waals surface area contributed by atoms with Crippen LogP contribution in [-0.4, -0.2) is 9.55 Å². The van der Waals surface area contributed by atoms with Crippen LogP contribution in [0.15, 0.2) is 29.1 Å². The molecule has 0 fully saturated rings. The Bertz CT molecular complexity index is 597. The molecule has 1 aromatic carbocycles. The van der Waals surface area contributed by atoms with Crippen molar-refractivity contribution in [1.29, 1.82) is 0 Å². The summed E-state index contributed by atoms with van der Waals surface area (Å²) >= 11 is 5.14. The molecule has 0 atom stereocenters. The van der Waals surface area contributed by atoms with E-state index in [0.29, 0.717) is 16.7 Å². The van der Waals surface area contributed by atoms with Gasteiger partial charge in [-0.3, -0.25) is 9.36 Å². The van der Waals surface area contributed by atoms with Crippen LogP contribution in [-0.2, 0) is 6.54 Å². The van der Waals surface area contributed by atoms with E-state index in [-0.39, 0.29) is 5.56 Å². The topological polar surface area (TPSA) is 37.8 Å². The van der Waals surface area contributed by atoms with Crippen molar-refractivity contribution in [3.05, 3.63) is 39.4 Å². The lowest BCUT2D eigenvalue weighted by molar-refractivity contribution is 0.638. The molecule has 0 unspecified atom stereocenters. The minimum atomic E-state index is -0.00352. The number of hydrogen-bond donors (Lipinski definition) is 1. The third-order valence-electron chi connectivity index (χ3n) is 2.34. The van der Waals surface area contributed by atoms with Crippen LogP contribution >= 0.6 is 12.2 Å². The first-order valence-corrected chi connectivity index (χ1v) is 5.36. The highest BCUT2D eigenvalue weighted by Crippen LogP contribution is 2.05. The van der Waals surface area contributed by atoms with Gasteiger partial charge in [-0.2, -0.15) is 0 Å². The zero-order valence-electron chi connectivity index (χ0n) is 8.49. The normalized spacial score (nSPS) is 10.7. The molecule has 1 N–H and O–H groups in total. The maximum Gasteiger partial charge on any atom is 0.262 e. The number of aromatic amines is 1. The molecule has 0 bridgehead atoms. The molecular weight excluding hydrogens is 208 g/mol. The summed E-state index contributed by atoms with van der Waals surface area (Å²) in [4.78, 5) is 15.1. The van der Waals surface area contributed by atoms with E-state index in [9.17, 15) is 4.79 Å². The second-order valence-electron chi connectivity index (χ2n) is 3.43. The summed E-state index contributed by atoms with van der Waals surface area (Å²) in [6.45, 7) is 2.69. The molecule has 1 heterocycles. The van der Waals surface area contributed by atoms with Crippen molar-refractivity contribution in [3.8, 4) is 0 Å². The van der Waals surface area contributed by atoms with E-state index in [1.807, 2.05) is 31.2 Å². The molecule has 0 aliphatic rings. The third-order valence-corrected chi connectivity index (χ3v) is 2.66. The highest BCUT2D eigenvalue weighted by atomic mass is 32.1. The predicted molar refractivity (Wildman–Crippen MR) is 63.7 cm³/mol. The monoisotopic (exact) mass is 220 g/mol. The molecule has 15 heavy (non-hydrogen) atoms. The van der Waals surface area contributed by atoms with Crippen LogP contribution in [0.2, 0.25) is 0 Å². The fourth-order valence-electron chi connectivity index (χ4n) is 1.63. The van der Waals surface area contributed by atoms with Crippen LogP contribution < -0.4 is 5.56 Å². The summed E-state index contributed by atoms with van der Waals surface area (Å²) in [5, 5.41) is 0.694. The lowest BCUT2D eigenvalue weighted by Crippen LogP contribution is -2.21. The number of hydrogen-bond acceptors (Lipinski definition) is 2. The van der Waals surface area contributed by atoms with Crippen molar-refractivity contribution in [2.24, 2.45) is 0 Å². The van der Waals surface area contributed by atoms with Crippen LogP contribution in [0.25, 0.3) is 10.9 Å². The number of nitrogens with one attached hydrogen (secondary N) is 1. The second kappa shape index (κ2) is 3.98. The molecule has 0 aliphatic heterocycles. The summed E-state index contributed by atoms with van der Waals surface area (Å²) in [7, 11) is 0. The summed E-state index contributed by atoms with van der Waals surface area (Å²) < 4.78 is 2.11. The number of benzene rings is 1. The lowest BCUT2D eigenvalue weighted by atomic mass is 10.2. The van der Waals surface area contributed by atoms with Crippen LogP contribution in [0.4, 0.5) is 0 Å². The van der Waals surface area contributed by atoms with E-state index >= 15 is 0 Å². The van der Waals surface area contributed by atoms with E-state index in [4.69, 9.17) is 12.2 Å². The zero-order chi connectivity index (χ0) is 10.8. The highest BCUT2D eigenvalue weighted by Gasteiger charge is 2.03. The molecule has 78 valence electrons. The average Bonchev–Trinajstić information content (AvgIpc) is 2.24. The van der Waals surface area contributed by atoms with Crippen molar-refractivity contribution >= 4 is 23.1 Å². The van der Waals surface area contributed by atoms with Gasteiger partial charge in [0.15, 0.2) is 4.77 Å². The SMILES string of the molecule is CCCn1c(=S)[nH]c2ccccc2c1=O. The van der Waals surface area contributed by atoms with Gasteiger partial charge < -0.3 is 4.98 Å². The Hall–Kier alpha value is -1.42. The Balaban J connectivity index is 2.85. The number of fused-ring (bicyclic) bond motifs is 1. The molecular formula is C11H12N2OS. The number of para-hydroxylation sites is 1. The molecule has 0 saturated heterocycles. The smallest absolute Gasteiger partial charge is 0.262 e. The molecule has 0 aliphatic carbocycles. The van der Waals surface area contributed by atoms with E-state index in [1.54, 1.807) is 4.57 Å². The van der Waals surface area contributed by atoms with E-state index in [2.05, 4.69) is 4.98 Å². The van der Waals surface area contributed by atoms with Gasteiger partial charge in [-0.25, -0.2) is 0 Å². The van der Waals surface area contributed by atoms with E-state index in [1.165, 1.54) is 0 Å². The maximum absolute atomic E-state index is 12.0. The summed E-state index contributed by atoms with van der Waals surface area (Å²) in [5.41, 5.74) is 0.802. The number of H-pyrrole nitrogens is 1. The molecule has 3 nitrogen and oxygen atoms in total. The molecule has 1 aromatic heterocycles. The Morgan fingerprint density at radius 2 is 2.13 bits per heavy atom. The lowest BCUT2D eigenvalue weighted by Gasteiger charge is -2.05. The van der Waals surface area contributed by atoms with Gasteiger partial charge in [0.2, 0.25) is 0 Å². The summed E-state index contributed by atoms with van der Waals surface area (Å²) in [6.07, 6.45) is 0.899. The fourth-order valence-corrected chi connectivity index (χ4v) is 1.91. The molecule has 0 saturated carbocycles. The minimum absolute atomic E-state index is 0.00352. The Morgan fingerprint density at radius 1 is 1.40 bits per heavy atom. The molecule has 0 radical (unpaired) electrons. The van der Waals surface area contributed by atoms with E-state index < -0.39 is 0 Å².